The lowest BCUT2D eigenvalue weighted by Crippen LogP contribution is -2.55. The van der Waals surface area contributed by atoms with Crippen molar-refractivity contribution in [3.8, 4) is 0 Å². The maximum Gasteiger partial charge on any atom is 0.193 e. The van der Waals surface area contributed by atoms with Gasteiger partial charge >= 0.3 is 0 Å². The summed E-state index contributed by atoms with van der Waals surface area (Å²) in [5.74, 6) is 0.304. The van der Waals surface area contributed by atoms with Crippen LogP contribution in [0.2, 0.25) is 36.3 Å². The Balaban J connectivity index is 2.30. The Labute approximate surface area is 241 Å². The van der Waals surface area contributed by atoms with E-state index in [1.54, 1.807) is 6.92 Å². The highest BCUT2D eigenvalue weighted by molar-refractivity contribution is 6.74. The molecule has 7 nitrogen and oxygen atoms in total. The van der Waals surface area contributed by atoms with Crippen molar-refractivity contribution in [1.82, 2.24) is 0 Å². The van der Waals surface area contributed by atoms with Crippen LogP contribution in [0.15, 0.2) is 10.3 Å². The lowest BCUT2D eigenvalue weighted by molar-refractivity contribution is -0.128. The van der Waals surface area contributed by atoms with Gasteiger partial charge in [0, 0.05) is 30.3 Å². The fraction of sp³-hybridized carbons (Fsp3) is 0.900. The van der Waals surface area contributed by atoms with E-state index in [0.717, 1.165) is 36.0 Å². The van der Waals surface area contributed by atoms with Gasteiger partial charge in [-0.25, -0.2) is 0 Å². The maximum absolute atomic E-state index is 12.1. The molecule has 2 rings (SSSR count). The maximum atomic E-state index is 12.1. The minimum Gasteiger partial charge on any atom is -0.416 e. The summed E-state index contributed by atoms with van der Waals surface area (Å²) >= 11 is 0. The average molecular weight is 583 g/mol. The van der Waals surface area contributed by atoms with Crippen LogP contribution in [0.1, 0.15) is 89.5 Å². The van der Waals surface area contributed by atoms with Gasteiger partial charge in [0.15, 0.2) is 34.6 Å². The first-order valence-corrected chi connectivity index (χ1v) is 20.6. The molecule has 0 aromatic carbocycles. The van der Waals surface area contributed by atoms with E-state index in [4.69, 9.17) is 18.5 Å². The monoisotopic (exact) mass is 582 g/mol. The number of hydrogen-bond acceptors (Lipinski definition) is 7. The summed E-state index contributed by atoms with van der Waals surface area (Å²) in [6, 6.07) is 3.17. The third-order valence-corrected chi connectivity index (χ3v) is 19.3. The molecule has 0 N–H and O–H groups in total. The molecule has 2 heterocycles. The minimum atomic E-state index is -1.99. The van der Waals surface area contributed by atoms with E-state index in [9.17, 15) is 4.79 Å². The van der Waals surface area contributed by atoms with E-state index >= 15 is 0 Å². The number of carbonyl (C=O) groups excluding carboxylic acids is 1. The number of Topliss-reactive ketones (excluding diaryl/α,β-unsaturated/α-hetero) is 1. The van der Waals surface area contributed by atoms with Gasteiger partial charge in [-0.3, -0.25) is 4.79 Å². The first kappa shape index (κ1) is 34.2. The van der Waals surface area contributed by atoms with Crippen LogP contribution in [-0.4, -0.2) is 58.3 Å². The molecule has 0 fully saturated rings. The Morgan fingerprint density at radius 3 is 1.90 bits per heavy atom. The van der Waals surface area contributed by atoms with Crippen LogP contribution in [0.5, 0.6) is 0 Å². The van der Waals surface area contributed by atoms with E-state index < -0.39 is 28.3 Å². The SMILES string of the molecule is CC[Si](CC)(CC)O[C@](C)(C[C@@H](C)C1=NO[C@@H](C(C)=O)[C@H]1C)[C@@H]1ON=C([C@@H](C)CO[Si](C)(C)C(C)(C)C)[C@@H]1C. The molecule has 0 aromatic rings. The highest BCUT2D eigenvalue weighted by atomic mass is 28.4. The predicted molar refractivity (Wildman–Crippen MR) is 166 cm³/mol. The summed E-state index contributed by atoms with van der Waals surface area (Å²) in [5, 5.41) is 9.23. The molecule has 0 unspecified atom stereocenters. The number of rotatable bonds is 14. The van der Waals surface area contributed by atoms with Gasteiger partial charge in [0.25, 0.3) is 0 Å². The Hall–Kier alpha value is -1.04. The number of carbonyl (C=O) groups is 1. The Morgan fingerprint density at radius 1 is 0.923 bits per heavy atom. The first-order chi connectivity index (χ1) is 17.9. The molecule has 0 aliphatic carbocycles. The van der Waals surface area contributed by atoms with Crippen LogP contribution in [0, 0.1) is 23.7 Å². The van der Waals surface area contributed by atoms with Crippen LogP contribution >= 0.6 is 0 Å². The highest BCUT2D eigenvalue weighted by Gasteiger charge is 2.52. The van der Waals surface area contributed by atoms with E-state index in [1.165, 1.54) is 0 Å². The van der Waals surface area contributed by atoms with Gasteiger partial charge < -0.3 is 18.5 Å². The van der Waals surface area contributed by atoms with Crippen molar-refractivity contribution in [3.63, 3.8) is 0 Å². The smallest absolute Gasteiger partial charge is 0.193 e. The fourth-order valence-electron chi connectivity index (χ4n) is 6.06. The summed E-state index contributed by atoms with van der Waals surface area (Å²) in [4.78, 5) is 23.9. The Morgan fingerprint density at radius 2 is 1.44 bits per heavy atom. The number of hydrogen-bond donors (Lipinski definition) is 0. The standard InChI is InChI=1S/C30H58N2O5Si2/c1-15-39(16-2,17-3)37-30(12,18-20(4)25-22(6)27(24(8)33)35-31-25)28-23(7)26(32-36-28)21(5)19-34-38(13,14)29(9,10)11/h20-23,27-28H,15-19H2,1-14H3/t20-,21+,22+,23+,27-,28-,30-/m1/s1. The Kier molecular flexibility index (Phi) is 11.3. The van der Waals surface area contributed by atoms with E-state index in [-0.39, 0.29) is 40.6 Å². The van der Waals surface area contributed by atoms with Crippen molar-refractivity contribution < 1.29 is 23.3 Å². The summed E-state index contributed by atoms with van der Waals surface area (Å²) in [5.41, 5.74) is 1.43. The second-order valence-corrected chi connectivity index (χ2v) is 23.5. The second kappa shape index (κ2) is 12.9. The fourth-order valence-corrected chi connectivity index (χ4v) is 10.3. The third-order valence-electron chi connectivity index (χ3n) is 9.99. The van der Waals surface area contributed by atoms with Gasteiger partial charge in [0.1, 0.15) is 0 Å². The summed E-state index contributed by atoms with van der Waals surface area (Å²) in [6.07, 6.45) is 0.0259. The zero-order valence-corrected chi connectivity index (χ0v) is 29.4. The molecule has 0 saturated carbocycles. The molecule has 0 amide bonds. The lowest BCUT2D eigenvalue weighted by Gasteiger charge is -2.45. The highest BCUT2D eigenvalue weighted by Crippen LogP contribution is 2.42. The van der Waals surface area contributed by atoms with Crippen LogP contribution in [0.4, 0.5) is 0 Å². The summed E-state index contributed by atoms with van der Waals surface area (Å²) in [7, 11) is -3.85. The zero-order valence-electron chi connectivity index (χ0n) is 27.4. The molecule has 9 heteroatoms. The quantitative estimate of drug-likeness (QED) is 0.195. The van der Waals surface area contributed by atoms with Crippen LogP contribution in [0.3, 0.4) is 0 Å². The van der Waals surface area contributed by atoms with Crippen molar-refractivity contribution in [2.75, 3.05) is 6.61 Å². The van der Waals surface area contributed by atoms with Gasteiger partial charge in [-0.1, -0.05) is 79.5 Å². The van der Waals surface area contributed by atoms with Gasteiger partial charge in [-0.2, -0.15) is 0 Å². The largest absolute Gasteiger partial charge is 0.416 e. The molecule has 2 aliphatic heterocycles. The van der Waals surface area contributed by atoms with E-state index in [1.807, 2.05) is 6.92 Å². The van der Waals surface area contributed by atoms with Crippen molar-refractivity contribution in [2.24, 2.45) is 34.0 Å². The second-order valence-electron chi connectivity index (χ2n) is 14.0. The van der Waals surface area contributed by atoms with Gasteiger partial charge in [-0.15, -0.1) is 0 Å². The minimum absolute atomic E-state index is 0.0153. The molecule has 39 heavy (non-hydrogen) atoms. The van der Waals surface area contributed by atoms with E-state index in [0.29, 0.717) is 6.61 Å². The normalized spacial score (nSPS) is 27.2. The molecule has 2 aliphatic rings. The zero-order chi connectivity index (χ0) is 30.0. The molecule has 0 bridgehead atoms. The van der Waals surface area contributed by atoms with Crippen molar-refractivity contribution in [3.05, 3.63) is 0 Å². The molecule has 0 aromatic heterocycles. The van der Waals surface area contributed by atoms with Gasteiger partial charge in [-0.05, 0) is 56.5 Å². The molecule has 226 valence electrons. The summed E-state index contributed by atoms with van der Waals surface area (Å²) in [6.45, 7) is 31.3. The molecule has 7 atom stereocenters. The van der Waals surface area contributed by atoms with Gasteiger partial charge in [0.2, 0.25) is 0 Å². The van der Waals surface area contributed by atoms with Crippen LogP contribution in [-0.2, 0) is 23.3 Å². The van der Waals surface area contributed by atoms with Gasteiger partial charge in [0.05, 0.1) is 17.0 Å². The predicted octanol–water partition coefficient (Wildman–Crippen LogP) is 7.82. The molecule has 0 radical (unpaired) electrons. The number of nitrogens with zero attached hydrogens (tertiary/aromatic N) is 2. The van der Waals surface area contributed by atoms with Crippen LogP contribution in [0.25, 0.3) is 0 Å². The van der Waals surface area contributed by atoms with Crippen molar-refractivity contribution in [1.29, 1.82) is 0 Å². The molecule has 0 spiro atoms. The summed E-state index contributed by atoms with van der Waals surface area (Å²) < 4.78 is 13.9. The van der Waals surface area contributed by atoms with Crippen molar-refractivity contribution in [2.45, 2.75) is 144 Å². The number of ketones is 1. The van der Waals surface area contributed by atoms with Crippen LogP contribution < -0.4 is 0 Å². The molecule has 0 saturated heterocycles. The van der Waals surface area contributed by atoms with E-state index in [2.05, 4.69) is 92.6 Å². The first-order valence-electron chi connectivity index (χ1n) is 15.2. The number of oxime groups is 2. The van der Waals surface area contributed by atoms with Crippen molar-refractivity contribution >= 4 is 33.8 Å². The lowest BCUT2D eigenvalue weighted by atomic mass is 9.77. The Bertz CT molecular complexity index is 903. The third kappa shape index (κ3) is 7.43. The molecular formula is C30H58N2O5Si2. The average Bonchev–Trinajstić information content (AvgIpc) is 3.43. The topological polar surface area (TPSA) is 78.7 Å². The molecular weight excluding hydrogens is 525 g/mol.